The van der Waals surface area contributed by atoms with Crippen molar-refractivity contribution in [1.82, 2.24) is 9.88 Å². The summed E-state index contributed by atoms with van der Waals surface area (Å²) in [6.07, 6.45) is 3.91. The van der Waals surface area contributed by atoms with Crippen molar-refractivity contribution in [1.29, 1.82) is 0 Å². The smallest absolute Gasteiger partial charge is 0.0869 e. The van der Waals surface area contributed by atoms with E-state index in [2.05, 4.69) is 23.1 Å². The normalized spacial score (nSPS) is 29.9. The maximum Gasteiger partial charge on any atom is 0.0869 e. The minimum absolute atomic E-state index is 0.343. The molecule has 104 valence electrons. The molecule has 1 N–H and O–H groups in total. The highest BCUT2D eigenvalue weighted by Crippen LogP contribution is 2.38. The van der Waals surface area contributed by atoms with Crippen molar-refractivity contribution in [3.05, 3.63) is 42.1 Å². The van der Waals surface area contributed by atoms with Gasteiger partial charge in [0.05, 0.1) is 11.1 Å². The fraction of sp³-hybridized carbons (Fsp3) is 0.471. The summed E-state index contributed by atoms with van der Waals surface area (Å²) in [5, 5.41) is 12.2. The number of benzene rings is 1. The minimum Gasteiger partial charge on any atom is -0.388 e. The largest absolute Gasteiger partial charge is 0.388 e. The summed E-state index contributed by atoms with van der Waals surface area (Å²) < 4.78 is 0. The fourth-order valence-electron chi connectivity index (χ4n) is 3.93. The molecule has 20 heavy (non-hydrogen) atoms. The molecule has 1 aromatic carbocycles. The lowest BCUT2D eigenvalue weighted by Gasteiger charge is -2.29. The number of hydrogen-bond donors (Lipinski definition) is 1. The van der Waals surface area contributed by atoms with Gasteiger partial charge in [-0.2, -0.15) is 0 Å². The van der Waals surface area contributed by atoms with Crippen molar-refractivity contribution in [2.45, 2.75) is 37.3 Å². The lowest BCUT2D eigenvalue weighted by Crippen LogP contribution is -2.43. The first-order valence-electron chi connectivity index (χ1n) is 7.56. The molecule has 2 aromatic rings. The number of pyridine rings is 1. The van der Waals surface area contributed by atoms with Crippen molar-refractivity contribution in [2.75, 3.05) is 13.1 Å². The Balaban J connectivity index is 1.63. The first kappa shape index (κ1) is 12.3. The molecule has 2 aliphatic rings. The summed E-state index contributed by atoms with van der Waals surface area (Å²) in [6.45, 7) is 2.19. The lowest BCUT2D eigenvalue weighted by molar-refractivity contribution is 0.0133. The van der Waals surface area contributed by atoms with Gasteiger partial charge in [0.25, 0.3) is 0 Å². The van der Waals surface area contributed by atoms with E-state index in [9.17, 15) is 5.11 Å². The van der Waals surface area contributed by atoms with Gasteiger partial charge in [-0.1, -0.05) is 24.3 Å². The molecule has 3 heterocycles. The summed E-state index contributed by atoms with van der Waals surface area (Å²) in [6, 6.07) is 12.7. The van der Waals surface area contributed by atoms with Gasteiger partial charge in [0.15, 0.2) is 0 Å². The van der Waals surface area contributed by atoms with Crippen molar-refractivity contribution in [3.8, 4) is 0 Å². The molecule has 0 amide bonds. The number of nitrogens with zero attached hydrogens (tertiary/aromatic N) is 2. The Bertz CT molecular complexity index is 642. The molecule has 0 aliphatic carbocycles. The van der Waals surface area contributed by atoms with Gasteiger partial charge >= 0.3 is 0 Å². The first-order valence-corrected chi connectivity index (χ1v) is 7.56. The van der Waals surface area contributed by atoms with E-state index in [1.807, 2.05) is 18.2 Å². The number of fused-ring (bicyclic) bond motifs is 2. The third-order valence-corrected chi connectivity index (χ3v) is 4.96. The van der Waals surface area contributed by atoms with Gasteiger partial charge in [-0.05, 0) is 37.9 Å². The highest BCUT2D eigenvalue weighted by atomic mass is 16.3. The molecule has 2 saturated heterocycles. The Hall–Kier alpha value is -1.45. The quantitative estimate of drug-likeness (QED) is 0.908. The van der Waals surface area contributed by atoms with Gasteiger partial charge in [0.2, 0.25) is 0 Å². The van der Waals surface area contributed by atoms with E-state index >= 15 is 0 Å². The van der Waals surface area contributed by atoms with Crippen LogP contribution in [0.25, 0.3) is 10.9 Å². The minimum atomic E-state index is -0.577. The number of rotatable bonds is 2. The van der Waals surface area contributed by atoms with Crippen LogP contribution in [0.1, 0.15) is 25.0 Å². The van der Waals surface area contributed by atoms with Crippen molar-refractivity contribution in [3.63, 3.8) is 0 Å². The first-order chi connectivity index (χ1) is 9.74. The number of aromatic nitrogens is 1. The summed E-state index contributed by atoms with van der Waals surface area (Å²) >= 11 is 0. The standard InChI is InChI=1S/C17H20N2O/c20-17(9-11-19-10-3-6-16(17)19)12-14-8-7-13-4-1-2-5-15(13)18-14/h1-2,4-5,7-8,16,20H,3,6,9-12H2. The number of aliphatic hydroxyl groups is 1. The predicted octanol–water partition coefficient (Wildman–Crippen LogP) is 2.38. The van der Waals surface area contributed by atoms with Crippen LogP contribution in [0.3, 0.4) is 0 Å². The SMILES string of the molecule is OC1(Cc2ccc3ccccc3n2)CCN2CCCC21. The topological polar surface area (TPSA) is 36.4 Å². The third-order valence-electron chi connectivity index (χ3n) is 4.96. The van der Waals surface area contributed by atoms with Crippen LogP contribution < -0.4 is 0 Å². The van der Waals surface area contributed by atoms with Gasteiger partial charge in [-0.3, -0.25) is 9.88 Å². The van der Waals surface area contributed by atoms with Crippen LogP contribution in [-0.2, 0) is 6.42 Å². The molecule has 0 spiro atoms. The summed E-state index contributed by atoms with van der Waals surface area (Å²) in [7, 11) is 0. The zero-order valence-electron chi connectivity index (χ0n) is 11.6. The maximum absolute atomic E-state index is 11.0. The summed E-state index contributed by atoms with van der Waals surface area (Å²) in [5.74, 6) is 0. The van der Waals surface area contributed by atoms with E-state index in [0.29, 0.717) is 12.5 Å². The zero-order chi connectivity index (χ0) is 13.6. The van der Waals surface area contributed by atoms with Crippen LogP contribution in [0.5, 0.6) is 0 Å². The Morgan fingerprint density at radius 3 is 3.05 bits per heavy atom. The van der Waals surface area contributed by atoms with Crippen LogP contribution in [-0.4, -0.2) is 39.7 Å². The molecule has 2 aliphatic heterocycles. The van der Waals surface area contributed by atoms with Crippen LogP contribution in [0, 0.1) is 0 Å². The molecule has 2 fully saturated rings. The molecule has 0 bridgehead atoms. The Morgan fingerprint density at radius 2 is 2.10 bits per heavy atom. The third kappa shape index (κ3) is 1.93. The second-order valence-corrected chi connectivity index (χ2v) is 6.22. The molecule has 2 atom stereocenters. The van der Waals surface area contributed by atoms with Gasteiger partial charge in [0, 0.05) is 30.1 Å². The van der Waals surface area contributed by atoms with Gasteiger partial charge in [0.1, 0.15) is 0 Å². The lowest BCUT2D eigenvalue weighted by atomic mass is 9.88. The Morgan fingerprint density at radius 1 is 1.20 bits per heavy atom. The van der Waals surface area contributed by atoms with Crippen LogP contribution >= 0.6 is 0 Å². The zero-order valence-corrected chi connectivity index (χ0v) is 11.6. The molecule has 3 nitrogen and oxygen atoms in total. The predicted molar refractivity (Wildman–Crippen MR) is 79.6 cm³/mol. The number of hydrogen-bond acceptors (Lipinski definition) is 3. The number of para-hydroxylation sites is 1. The second-order valence-electron chi connectivity index (χ2n) is 6.22. The van der Waals surface area contributed by atoms with Gasteiger partial charge in [-0.15, -0.1) is 0 Å². The van der Waals surface area contributed by atoms with E-state index in [1.54, 1.807) is 0 Å². The summed E-state index contributed by atoms with van der Waals surface area (Å²) in [5.41, 5.74) is 1.46. The van der Waals surface area contributed by atoms with Crippen molar-refractivity contribution in [2.24, 2.45) is 0 Å². The molecule has 0 saturated carbocycles. The average Bonchev–Trinajstić information content (AvgIpc) is 3.04. The maximum atomic E-state index is 11.0. The molecule has 1 aromatic heterocycles. The highest BCUT2D eigenvalue weighted by Gasteiger charge is 2.47. The average molecular weight is 268 g/mol. The van der Waals surface area contributed by atoms with E-state index in [4.69, 9.17) is 4.98 Å². The molecule has 2 unspecified atom stereocenters. The van der Waals surface area contributed by atoms with Crippen LogP contribution in [0.4, 0.5) is 0 Å². The van der Waals surface area contributed by atoms with Crippen molar-refractivity contribution < 1.29 is 5.11 Å². The molecular formula is C17H20N2O. The van der Waals surface area contributed by atoms with E-state index in [-0.39, 0.29) is 0 Å². The molecular weight excluding hydrogens is 248 g/mol. The van der Waals surface area contributed by atoms with Crippen LogP contribution in [0.2, 0.25) is 0 Å². The van der Waals surface area contributed by atoms with E-state index in [0.717, 1.165) is 42.5 Å². The van der Waals surface area contributed by atoms with E-state index < -0.39 is 5.60 Å². The Labute approximate surface area is 119 Å². The molecule has 3 heteroatoms. The van der Waals surface area contributed by atoms with Crippen LogP contribution in [0.15, 0.2) is 36.4 Å². The molecule has 4 rings (SSSR count). The highest BCUT2D eigenvalue weighted by molar-refractivity contribution is 5.78. The fourth-order valence-corrected chi connectivity index (χ4v) is 3.93. The van der Waals surface area contributed by atoms with Gasteiger partial charge in [-0.25, -0.2) is 0 Å². The van der Waals surface area contributed by atoms with Gasteiger partial charge < -0.3 is 5.11 Å². The summed E-state index contributed by atoms with van der Waals surface area (Å²) in [4.78, 5) is 7.17. The Kier molecular flexibility index (Phi) is 2.79. The monoisotopic (exact) mass is 268 g/mol. The second kappa shape index (κ2) is 4.54. The molecule has 0 radical (unpaired) electrons. The van der Waals surface area contributed by atoms with E-state index in [1.165, 1.54) is 6.42 Å². The van der Waals surface area contributed by atoms with Crippen molar-refractivity contribution >= 4 is 10.9 Å².